The zero-order valence-electron chi connectivity index (χ0n) is 11.3. The van der Waals surface area contributed by atoms with Crippen molar-refractivity contribution in [1.82, 2.24) is 10.3 Å². The number of thiazole rings is 1. The van der Waals surface area contributed by atoms with E-state index < -0.39 is 11.2 Å². The predicted molar refractivity (Wildman–Crippen MR) is 69.2 cm³/mol. The average Bonchev–Trinajstić information content (AvgIpc) is 2.82. The quantitative estimate of drug-likeness (QED) is 0.834. The van der Waals surface area contributed by atoms with Gasteiger partial charge in [-0.05, 0) is 19.9 Å². The van der Waals surface area contributed by atoms with Crippen molar-refractivity contribution in [2.24, 2.45) is 0 Å². The average molecular weight is 296 g/mol. The maximum atomic E-state index is 12.6. The first-order valence-corrected chi connectivity index (χ1v) is 7.13. The summed E-state index contributed by atoms with van der Waals surface area (Å²) >= 11 is 0.679. The molecule has 1 heterocycles. The monoisotopic (exact) mass is 296 g/mol. The molecule has 2 unspecified atom stereocenters. The highest BCUT2D eigenvalue weighted by atomic mass is 32.1. The van der Waals surface area contributed by atoms with Gasteiger partial charge < -0.3 is 10.1 Å². The number of hydrogen-bond acceptors (Lipinski definition) is 4. The maximum Gasteiger partial charge on any atom is 0.443 e. The lowest BCUT2D eigenvalue weighted by Crippen LogP contribution is -2.33. The van der Waals surface area contributed by atoms with Gasteiger partial charge in [-0.1, -0.05) is 13.8 Å². The van der Waals surface area contributed by atoms with E-state index >= 15 is 0 Å². The maximum absolute atomic E-state index is 12.6. The fourth-order valence-electron chi connectivity index (χ4n) is 1.86. The number of halogens is 3. The molecule has 1 aromatic rings. The van der Waals surface area contributed by atoms with Gasteiger partial charge in [0.25, 0.3) is 0 Å². The molecule has 0 saturated carbocycles. The van der Waals surface area contributed by atoms with Crippen LogP contribution in [0.1, 0.15) is 43.1 Å². The SMILES string of the molecule is CCNC(c1cnc(C(F)(F)F)s1)C(CC)OCC. The fourth-order valence-corrected chi connectivity index (χ4v) is 2.77. The molecule has 0 aromatic carbocycles. The van der Waals surface area contributed by atoms with E-state index in [-0.39, 0.29) is 12.1 Å². The first-order chi connectivity index (χ1) is 8.93. The van der Waals surface area contributed by atoms with E-state index in [0.717, 1.165) is 6.42 Å². The van der Waals surface area contributed by atoms with E-state index in [4.69, 9.17) is 4.74 Å². The van der Waals surface area contributed by atoms with Gasteiger partial charge in [0, 0.05) is 17.7 Å². The second kappa shape index (κ2) is 7.21. The third-order valence-electron chi connectivity index (χ3n) is 2.65. The van der Waals surface area contributed by atoms with Crippen molar-refractivity contribution >= 4 is 11.3 Å². The topological polar surface area (TPSA) is 34.2 Å². The summed E-state index contributed by atoms with van der Waals surface area (Å²) in [4.78, 5) is 4.03. The van der Waals surface area contributed by atoms with Gasteiger partial charge in [0.15, 0.2) is 5.01 Å². The van der Waals surface area contributed by atoms with Crippen LogP contribution in [0.5, 0.6) is 0 Å². The van der Waals surface area contributed by atoms with Gasteiger partial charge in [-0.2, -0.15) is 13.2 Å². The van der Waals surface area contributed by atoms with E-state index in [9.17, 15) is 13.2 Å². The van der Waals surface area contributed by atoms with Crippen molar-refractivity contribution in [1.29, 1.82) is 0 Å². The van der Waals surface area contributed by atoms with Crippen molar-refractivity contribution in [2.75, 3.05) is 13.2 Å². The molecule has 0 aliphatic carbocycles. The van der Waals surface area contributed by atoms with E-state index in [1.807, 2.05) is 20.8 Å². The number of rotatable bonds is 7. The van der Waals surface area contributed by atoms with Crippen LogP contribution in [0.3, 0.4) is 0 Å². The Bertz CT molecular complexity index is 381. The summed E-state index contributed by atoms with van der Waals surface area (Å²) in [6.07, 6.45) is -2.51. The van der Waals surface area contributed by atoms with Gasteiger partial charge in [-0.15, -0.1) is 11.3 Å². The molecule has 7 heteroatoms. The smallest absolute Gasteiger partial charge is 0.377 e. The van der Waals surface area contributed by atoms with Gasteiger partial charge in [0.05, 0.1) is 12.1 Å². The molecular formula is C12H19F3N2OS. The van der Waals surface area contributed by atoms with Crippen LogP contribution in [-0.2, 0) is 10.9 Å². The minimum absolute atomic E-state index is 0.147. The van der Waals surface area contributed by atoms with Gasteiger partial charge in [0.1, 0.15) is 0 Å². The summed E-state index contributed by atoms with van der Waals surface area (Å²) < 4.78 is 43.3. The van der Waals surface area contributed by atoms with Crippen molar-refractivity contribution in [2.45, 2.75) is 45.5 Å². The van der Waals surface area contributed by atoms with E-state index in [0.29, 0.717) is 29.4 Å². The lowest BCUT2D eigenvalue weighted by molar-refractivity contribution is -0.137. The van der Waals surface area contributed by atoms with E-state index in [1.165, 1.54) is 6.20 Å². The molecule has 1 aromatic heterocycles. The first-order valence-electron chi connectivity index (χ1n) is 6.31. The molecule has 0 spiro atoms. The number of aromatic nitrogens is 1. The van der Waals surface area contributed by atoms with Crippen LogP contribution in [0.25, 0.3) is 0 Å². The highest BCUT2D eigenvalue weighted by Gasteiger charge is 2.36. The Hall–Kier alpha value is -0.660. The second-order valence-electron chi connectivity index (χ2n) is 4.00. The number of alkyl halides is 3. The second-order valence-corrected chi connectivity index (χ2v) is 5.07. The first kappa shape index (κ1) is 16.4. The van der Waals surface area contributed by atoms with Crippen molar-refractivity contribution < 1.29 is 17.9 Å². The zero-order chi connectivity index (χ0) is 14.5. The Morgan fingerprint density at radius 1 is 1.37 bits per heavy atom. The van der Waals surface area contributed by atoms with Crippen LogP contribution in [0.15, 0.2) is 6.20 Å². The fraction of sp³-hybridized carbons (Fsp3) is 0.750. The summed E-state index contributed by atoms with van der Waals surface area (Å²) in [5.74, 6) is 0. The Morgan fingerprint density at radius 2 is 2.05 bits per heavy atom. The molecule has 1 N–H and O–H groups in total. The Kier molecular flexibility index (Phi) is 6.22. The summed E-state index contributed by atoms with van der Waals surface area (Å²) in [5, 5.41) is 2.37. The third-order valence-corrected chi connectivity index (χ3v) is 3.78. The molecule has 19 heavy (non-hydrogen) atoms. The molecule has 110 valence electrons. The molecule has 0 saturated heterocycles. The zero-order valence-corrected chi connectivity index (χ0v) is 12.1. The molecular weight excluding hydrogens is 277 g/mol. The van der Waals surface area contributed by atoms with Gasteiger partial charge in [-0.25, -0.2) is 4.98 Å². The Morgan fingerprint density at radius 3 is 2.47 bits per heavy atom. The summed E-state index contributed by atoms with van der Waals surface area (Å²) in [6, 6.07) is -0.247. The minimum atomic E-state index is -4.38. The summed E-state index contributed by atoms with van der Waals surface area (Å²) in [6.45, 7) is 6.94. The molecule has 3 nitrogen and oxygen atoms in total. The number of ether oxygens (including phenoxy) is 1. The largest absolute Gasteiger partial charge is 0.443 e. The highest BCUT2D eigenvalue weighted by Crippen LogP contribution is 2.35. The van der Waals surface area contributed by atoms with Crippen molar-refractivity contribution in [3.8, 4) is 0 Å². The normalized spacial score (nSPS) is 15.5. The molecule has 0 aliphatic rings. The molecule has 2 atom stereocenters. The number of likely N-dealkylation sites (N-methyl/N-ethyl adjacent to an activating group) is 1. The van der Waals surface area contributed by atoms with Crippen LogP contribution in [0.4, 0.5) is 13.2 Å². The highest BCUT2D eigenvalue weighted by molar-refractivity contribution is 7.11. The number of nitrogens with one attached hydrogen (secondary N) is 1. The third kappa shape index (κ3) is 4.43. The van der Waals surface area contributed by atoms with E-state index in [2.05, 4.69) is 10.3 Å². The minimum Gasteiger partial charge on any atom is -0.377 e. The summed E-state index contributed by atoms with van der Waals surface area (Å²) in [5.41, 5.74) is 0. The Labute approximate surface area is 115 Å². The van der Waals surface area contributed by atoms with Gasteiger partial charge in [0.2, 0.25) is 0 Å². The van der Waals surface area contributed by atoms with Crippen LogP contribution >= 0.6 is 11.3 Å². The van der Waals surface area contributed by atoms with Gasteiger partial charge in [-0.3, -0.25) is 0 Å². The van der Waals surface area contributed by atoms with Crippen molar-refractivity contribution in [3.05, 3.63) is 16.1 Å². The summed E-state index contributed by atoms with van der Waals surface area (Å²) in [7, 11) is 0. The predicted octanol–water partition coefficient (Wildman–Crippen LogP) is 3.63. The Balaban J connectivity index is 2.95. The molecule has 0 fully saturated rings. The van der Waals surface area contributed by atoms with Crippen LogP contribution in [-0.4, -0.2) is 24.2 Å². The standard InChI is InChI=1S/C12H19F3N2OS/c1-4-8(18-6-3)10(16-5-2)9-7-17-11(19-9)12(13,14)15/h7-8,10,16H,4-6H2,1-3H3. The molecule has 0 radical (unpaired) electrons. The van der Waals surface area contributed by atoms with Crippen LogP contribution in [0.2, 0.25) is 0 Å². The number of nitrogens with zero attached hydrogens (tertiary/aromatic N) is 1. The lowest BCUT2D eigenvalue weighted by atomic mass is 10.1. The molecule has 1 rings (SSSR count). The lowest BCUT2D eigenvalue weighted by Gasteiger charge is -2.25. The molecule has 0 amide bonds. The molecule has 0 aliphatic heterocycles. The van der Waals surface area contributed by atoms with Gasteiger partial charge >= 0.3 is 6.18 Å². The van der Waals surface area contributed by atoms with E-state index in [1.54, 1.807) is 0 Å². The van der Waals surface area contributed by atoms with Crippen LogP contribution in [0, 0.1) is 0 Å². The molecule has 0 bridgehead atoms. The number of hydrogen-bond donors (Lipinski definition) is 1. The van der Waals surface area contributed by atoms with Crippen molar-refractivity contribution in [3.63, 3.8) is 0 Å². The van der Waals surface area contributed by atoms with Crippen LogP contribution < -0.4 is 5.32 Å².